The fourth-order valence-corrected chi connectivity index (χ4v) is 3.27. The summed E-state index contributed by atoms with van der Waals surface area (Å²) < 4.78 is 0.928. The van der Waals surface area contributed by atoms with Gasteiger partial charge < -0.3 is 10.6 Å². The van der Waals surface area contributed by atoms with Crippen LogP contribution >= 0.6 is 27.3 Å². The zero-order valence-electron chi connectivity index (χ0n) is 9.40. The van der Waals surface area contributed by atoms with Crippen molar-refractivity contribution in [1.29, 1.82) is 0 Å². The average molecular weight is 317 g/mol. The van der Waals surface area contributed by atoms with Gasteiger partial charge in [0.25, 0.3) is 5.91 Å². The van der Waals surface area contributed by atoms with Crippen molar-refractivity contribution in [2.75, 3.05) is 13.1 Å². The number of nitrogens with two attached hydrogens (primary N) is 1. The van der Waals surface area contributed by atoms with E-state index < -0.39 is 5.41 Å². The van der Waals surface area contributed by atoms with Gasteiger partial charge in [0.2, 0.25) is 5.91 Å². The number of amides is 2. The Bertz CT molecular complexity index is 474. The number of nitrogens with zero attached hydrogens (tertiary/aromatic N) is 1. The number of thiophene rings is 1. The molecule has 17 heavy (non-hydrogen) atoms. The Morgan fingerprint density at radius 2 is 2.24 bits per heavy atom. The zero-order valence-corrected chi connectivity index (χ0v) is 11.8. The fraction of sp³-hybridized carbons (Fsp3) is 0.455. The number of primary amides is 1. The summed E-state index contributed by atoms with van der Waals surface area (Å²) in [7, 11) is 0. The quantitative estimate of drug-likeness (QED) is 0.905. The van der Waals surface area contributed by atoms with Crippen LogP contribution in [0.25, 0.3) is 0 Å². The molecule has 1 fully saturated rings. The van der Waals surface area contributed by atoms with E-state index in [4.69, 9.17) is 5.73 Å². The smallest absolute Gasteiger partial charge is 0.263 e. The van der Waals surface area contributed by atoms with Gasteiger partial charge >= 0.3 is 0 Å². The van der Waals surface area contributed by atoms with E-state index in [2.05, 4.69) is 15.9 Å². The highest BCUT2D eigenvalue weighted by atomic mass is 79.9. The molecule has 92 valence electrons. The Kier molecular flexibility index (Phi) is 3.27. The van der Waals surface area contributed by atoms with Crippen LogP contribution in [0.1, 0.15) is 23.0 Å². The van der Waals surface area contributed by atoms with Gasteiger partial charge in [-0.2, -0.15) is 0 Å². The van der Waals surface area contributed by atoms with Crippen LogP contribution in [0.2, 0.25) is 0 Å². The molecular weight excluding hydrogens is 304 g/mol. The Hall–Kier alpha value is -0.880. The molecule has 1 unspecified atom stereocenters. The summed E-state index contributed by atoms with van der Waals surface area (Å²) in [6.45, 7) is 2.82. The number of halogens is 1. The van der Waals surface area contributed by atoms with E-state index in [-0.39, 0.29) is 11.8 Å². The topological polar surface area (TPSA) is 63.4 Å². The maximum atomic E-state index is 12.1. The second kappa shape index (κ2) is 4.42. The number of likely N-dealkylation sites (tertiary alicyclic amines) is 1. The first-order chi connectivity index (χ1) is 7.92. The van der Waals surface area contributed by atoms with Gasteiger partial charge in [-0.1, -0.05) is 0 Å². The molecule has 1 atom stereocenters. The standard InChI is InChI=1S/C11H13BrN2O2S/c1-11(10(13)16)4-5-14(6-11)9(15)7-2-3-8(12)17-7/h2-3H,4-6H2,1H3,(H2,13,16). The van der Waals surface area contributed by atoms with Crippen LogP contribution in [0.5, 0.6) is 0 Å². The molecule has 0 radical (unpaired) electrons. The molecule has 6 heteroatoms. The molecule has 0 aromatic carbocycles. The van der Waals surface area contributed by atoms with E-state index in [1.165, 1.54) is 11.3 Å². The lowest BCUT2D eigenvalue weighted by atomic mass is 9.89. The van der Waals surface area contributed by atoms with Crippen LogP contribution in [-0.4, -0.2) is 29.8 Å². The molecule has 2 heterocycles. The highest BCUT2D eigenvalue weighted by molar-refractivity contribution is 9.11. The fourth-order valence-electron chi connectivity index (χ4n) is 1.92. The third-order valence-corrected chi connectivity index (χ3v) is 4.75. The van der Waals surface area contributed by atoms with Crippen molar-refractivity contribution in [1.82, 2.24) is 4.90 Å². The number of rotatable bonds is 2. The van der Waals surface area contributed by atoms with Gasteiger partial charge in [-0.25, -0.2) is 0 Å². The van der Waals surface area contributed by atoms with Gasteiger partial charge in [-0.15, -0.1) is 11.3 Å². The van der Waals surface area contributed by atoms with E-state index in [0.29, 0.717) is 24.4 Å². The van der Waals surface area contributed by atoms with Crippen LogP contribution in [-0.2, 0) is 4.79 Å². The first-order valence-electron chi connectivity index (χ1n) is 5.27. The molecular formula is C11H13BrN2O2S. The zero-order chi connectivity index (χ0) is 12.6. The summed E-state index contributed by atoms with van der Waals surface area (Å²) in [6, 6.07) is 3.64. The second-order valence-electron chi connectivity index (χ2n) is 4.51. The maximum Gasteiger partial charge on any atom is 0.263 e. The first kappa shape index (κ1) is 12.6. The summed E-state index contributed by atoms with van der Waals surface area (Å²) in [5.74, 6) is -0.356. The molecule has 0 spiro atoms. The highest BCUT2D eigenvalue weighted by Gasteiger charge is 2.40. The molecule has 0 aliphatic carbocycles. The van der Waals surface area contributed by atoms with E-state index >= 15 is 0 Å². The van der Waals surface area contributed by atoms with Gasteiger partial charge in [0, 0.05) is 13.1 Å². The van der Waals surface area contributed by atoms with Crippen LogP contribution in [0.4, 0.5) is 0 Å². The number of hydrogen-bond donors (Lipinski definition) is 1. The monoisotopic (exact) mass is 316 g/mol. The predicted molar refractivity (Wildman–Crippen MR) is 69.8 cm³/mol. The van der Waals surface area contributed by atoms with Crippen LogP contribution in [0.15, 0.2) is 15.9 Å². The lowest BCUT2D eigenvalue weighted by Gasteiger charge is -2.20. The minimum Gasteiger partial charge on any atom is -0.369 e. The second-order valence-corrected chi connectivity index (χ2v) is 6.97. The van der Waals surface area contributed by atoms with E-state index in [9.17, 15) is 9.59 Å². The van der Waals surface area contributed by atoms with Crippen molar-refractivity contribution >= 4 is 39.1 Å². The van der Waals surface area contributed by atoms with Gasteiger partial charge in [0.05, 0.1) is 14.1 Å². The minimum absolute atomic E-state index is 0.0225. The lowest BCUT2D eigenvalue weighted by Crippen LogP contribution is -2.38. The van der Waals surface area contributed by atoms with Crippen molar-refractivity contribution in [2.45, 2.75) is 13.3 Å². The minimum atomic E-state index is -0.579. The lowest BCUT2D eigenvalue weighted by molar-refractivity contribution is -0.126. The molecule has 0 saturated carbocycles. The van der Waals surface area contributed by atoms with Crippen molar-refractivity contribution in [3.8, 4) is 0 Å². The summed E-state index contributed by atoms with van der Waals surface area (Å²) >= 11 is 4.73. The molecule has 4 nitrogen and oxygen atoms in total. The van der Waals surface area contributed by atoms with Crippen molar-refractivity contribution in [2.24, 2.45) is 11.1 Å². The van der Waals surface area contributed by atoms with Gasteiger partial charge in [-0.05, 0) is 41.4 Å². The normalized spacial score (nSPS) is 24.0. The van der Waals surface area contributed by atoms with Crippen LogP contribution in [0.3, 0.4) is 0 Å². The SMILES string of the molecule is CC1(C(N)=O)CCN(C(=O)c2ccc(Br)s2)C1. The molecule has 1 aliphatic heterocycles. The van der Waals surface area contributed by atoms with E-state index in [1.54, 1.807) is 11.0 Å². The molecule has 2 rings (SSSR count). The number of hydrogen-bond acceptors (Lipinski definition) is 3. The molecule has 1 aromatic rings. The van der Waals surface area contributed by atoms with Crippen molar-refractivity contribution < 1.29 is 9.59 Å². The molecule has 2 N–H and O–H groups in total. The predicted octanol–water partition coefficient (Wildman–Crippen LogP) is 1.85. The number of carbonyl (C=O) groups excluding carboxylic acids is 2. The molecule has 1 aliphatic rings. The Morgan fingerprint density at radius 1 is 1.53 bits per heavy atom. The molecule has 2 amide bonds. The van der Waals surface area contributed by atoms with E-state index in [1.807, 2.05) is 13.0 Å². The summed E-state index contributed by atoms with van der Waals surface area (Å²) in [6.07, 6.45) is 0.640. The van der Waals surface area contributed by atoms with E-state index in [0.717, 1.165) is 3.79 Å². The maximum absolute atomic E-state index is 12.1. The number of carbonyl (C=O) groups is 2. The summed E-state index contributed by atoms with van der Waals surface area (Å²) in [5.41, 5.74) is 4.78. The van der Waals surface area contributed by atoms with Crippen LogP contribution in [0, 0.1) is 5.41 Å². The van der Waals surface area contributed by atoms with Gasteiger partial charge in [-0.3, -0.25) is 9.59 Å². The van der Waals surface area contributed by atoms with Crippen molar-refractivity contribution in [3.05, 3.63) is 20.8 Å². The van der Waals surface area contributed by atoms with Gasteiger partial charge in [0.1, 0.15) is 0 Å². The average Bonchev–Trinajstić information content (AvgIpc) is 2.85. The highest BCUT2D eigenvalue weighted by Crippen LogP contribution is 2.32. The molecule has 1 saturated heterocycles. The van der Waals surface area contributed by atoms with Crippen LogP contribution < -0.4 is 5.73 Å². The third-order valence-electron chi connectivity index (χ3n) is 3.14. The van der Waals surface area contributed by atoms with Crippen molar-refractivity contribution in [3.63, 3.8) is 0 Å². The first-order valence-corrected chi connectivity index (χ1v) is 6.88. The van der Waals surface area contributed by atoms with Gasteiger partial charge in [0.15, 0.2) is 0 Å². The Labute approximate surface area is 112 Å². The Morgan fingerprint density at radius 3 is 2.71 bits per heavy atom. The summed E-state index contributed by atoms with van der Waals surface area (Å²) in [4.78, 5) is 25.8. The third kappa shape index (κ3) is 2.37. The Balaban J connectivity index is 2.11. The largest absolute Gasteiger partial charge is 0.369 e. The summed E-state index contributed by atoms with van der Waals surface area (Å²) in [5, 5.41) is 0. The molecule has 1 aromatic heterocycles. The molecule has 0 bridgehead atoms.